The second kappa shape index (κ2) is 5.48. The second-order valence-corrected chi connectivity index (χ2v) is 5.89. The third kappa shape index (κ3) is 2.96. The molecule has 1 aliphatic heterocycles. The first-order valence-corrected chi connectivity index (χ1v) is 6.74. The normalized spacial score (nSPS) is 29.2. The van der Waals surface area contributed by atoms with Crippen LogP contribution in [-0.2, 0) is 0 Å². The molecule has 94 valence electrons. The summed E-state index contributed by atoms with van der Waals surface area (Å²) in [6.45, 7) is 5.05. The Morgan fingerprint density at radius 3 is 2.75 bits per heavy atom. The van der Waals surface area contributed by atoms with Gasteiger partial charge in [0.1, 0.15) is 0 Å². The van der Waals surface area contributed by atoms with Crippen molar-refractivity contribution in [2.75, 3.05) is 39.8 Å². The molecular formula is C13H26N2O. The number of rotatable bonds is 6. The molecule has 2 fully saturated rings. The predicted molar refractivity (Wildman–Crippen MR) is 66.5 cm³/mol. The van der Waals surface area contributed by atoms with Crippen LogP contribution in [0.15, 0.2) is 0 Å². The lowest BCUT2D eigenvalue weighted by atomic mass is 9.69. The van der Waals surface area contributed by atoms with Crippen LogP contribution < -0.4 is 5.32 Å². The van der Waals surface area contributed by atoms with Crippen molar-refractivity contribution in [3.63, 3.8) is 0 Å². The summed E-state index contributed by atoms with van der Waals surface area (Å²) < 4.78 is 0. The monoisotopic (exact) mass is 226 g/mol. The maximum absolute atomic E-state index is 9.34. The van der Waals surface area contributed by atoms with Crippen molar-refractivity contribution in [3.05, 3.63) is 0 Å². The largest absolute Gasteiger partial charge is 0.396 e. The highest BCUT2D eigenvalue weighted by Crippen LogP contribution is 2.39. The van der Waals surface area contributed by atoms with Crippen molar-refractivity contribution in [1.82, 2.24) is 10.2 Å². The summed E-state index contributed by atoms with van der Waals surface area (Å²) in [6, 6.07) is 0. The molecule has 0 spiro atoms. The maximum atomic E-state index is 9.34. The Bertz CT molecular complexity index is 210. The molecule has 0 amide bonds. The van der Waals surface area contributed by atoms with Crippen LogP contribution in [0, 0.1) is 11.3 Å². The Balaban J connectivity index is 1.55. The molecule has 1 unspecified atom stereocenters. The minimum Gasteiger partial charge on any atom is -0.396 e. The molecule has 1 atom stereocenters. The predicted octanol–water partition coefficient (Wildman–Crippen LogP) is 1.08. The highest BCUT2D eigenvalue weighted by Gasteiger charge is 2.35. The summed E-state index contributed by atoms with van der Waals surface area (Å²) in [5, 5.41) is 12.9. The van der Waals surface area contributed by atoms with Gasteiger partial charge >= 0.3 is 0 Å². The molecule has 2 aliphatic rings. The van der Waals surface area contributed by atoms with Crippen LogP contribution in [0.3, 0.4) is 0 Å². The summed E-state index contributed by atoms with van der Waals surface area (Å²) in [6.07, 6.45) is 6.39. The lowest BCUT2D eigenvalue weighted by Crippen LogP contribution is -2.43. The quantitative estimate of drug-likeness (QED) is 0.665. The SMILES string of the molecule is CN1CCC(CCNCC2(CO)CCC2)C1. The van der Waals surface area contributed by atoms with Gasteiger partial charge in [0.25, 0.3) is 0 Å². The average molecular weight is 226 g/mol. The van der Waals surface area contributed by atoms with E-state index in [0.29, 0.717) is 6.61 Å². The molecule has 1 saturated carbocycles. The molecule has 1 heterocycles. The molecule has 1 saturated heterocycles. The van der Waals surface area contributed by atoms with E-state index in [9.17, 15) is 5.11 Å². The standard InChI is InChI=1S/C13H26N2O/c1-15-8-4-12(9-15)3-7-14-10-13(11-16)5-2-6-13/h12,14,16H,2-11H2,1H3. The highest BCUT2D eigenvalue weighted by molar-refractivity contribution is 4.89. The first kappa shape index (κ1) is 12.3. The topological polar surface area (TPSA) is 35.5 Å². The minimum absolute atomic E-state index is 0.243. The Labute approximate surface area is 99.2 Å². The van der Waals surface area contributed by atoms with Crippen LogP contribution in [-0.4, -0.2) is 49.8 Å². The number of aliphatic hydroxyl groups excluding tert-OH is 1. The third-order valence-electron chi connectivity index (χ3n) is 4.47. The van der Waals surface area contributed by atoms with E-state index in [2.05, 4.69) is 17.3 Å². The molecule has 0 aromatic rings. The Morgan fingerprint density at radius 2 is 2.25 bits per heavy atom. The van der Waals surface area contributed by atoms with E-state index in [4.69, 9.17) is 0 Å². The Kier molecular flexibility index (Phi) is 4.22. The number of hydrogen-bond donors (Lipinski definition) is 2. The number of likely N-dealkylation sites (tertiary alicyclic amines) is 1. The fraction of sp³-hybridized carbons (Fsp3) is 1.00. The molecule has 1 aliphatic carbocycles. The van der Waals surface area contributed by atoms with E-state index < -0.39 is 0 Å². The minimum atomic E-state index is 0.243. The summed E-state index contributed by atoms with van der Waals surface area (Å²) in [5.74, 6) is 0.893. The molecule has 2 N–H and O–H groups in total. The van der Waals surface area contributed by atoms with E-state index in [-0.39, 0.29) is 5.41 Å². The van der Waals surface area contributed by atoms with Gasteiger partial charge in [0.15, 0.2) is 0 Å². The fourth-order valence-electron chi connectivity index (χ4n) is 2.99. The van der Waals surface area contributed by atoms with E-state index in [1.54, 1.807) is 0 Å². The summed E-state index contributed by atoms with van der Waals surface area (Å²) >= 11 is 0. The van der Waals surface area contributed by atoms with Crippen molar-refractivity contribution in [3.8, 4) is 0 Å². The van der Waals surface area contributed by atoms with Crippen LogP contribution in [0.4, 0.5) is 0 Å². The third-order valence-corrected chi connectivity index (χ3v) is 4.47. The van der Waals surface area contributed by atoms with Crippen LogP contribution in [0.2, 0.25) is 0 Å². The van der Waals surface area contributed by atoms with Crippen molar-refractivity contribution in [1.29, 1.82) is 0 Å². The molecule has 0 aromatic heterocycles. The van der Waals surface area contributed by atoms with Crippen LogP contribution in [0.1, 0.15) is 32.1 Å². The lowest BCUT2D eigenvalue weighted by molar-refractivity contribution is 0.0447. The van der Waals surface area contributed by atoms with E-state index >= 15 is 0 Å². The van der Waals surface area contributed by atoms with Gasteiger partial charge in [-0.1, -0.05) is 6.42 Å². The Morgan fingerprint density at radius 1 is 1.44 bits per heavy atom. The number of hydrogen-bond acceptors (Lipinski definition) is 3. The number of nitrogens with one attached hydrogen (secondary N) is 1. The molecule has 3 heteroatoms. The molecule has 0 radical (unpaired) electrons. The zero-order valence-electron chi connectivity index (χ0n) is 10.5. The van der Waals surface area contributed by atoms with Gasteiger partial charge in [-0.2, -0.15) is 0 Å². The van der Waals surface area contributed by atoms with Gasteiger partial charge in [-0.3, -0.25) is 0 Å². The zero-order chi connectivity index (χ0) is 11.4. The van der Waals surface area contributed by atoms with E-state index in [1.165, 1.54) is 45.2 Å². The van der Waals surface area contributed by atoms with Gasteiger partial charge in [-0.25, -0.2) is 0 Å². The zero-order valence-corrected chi connectivity index (χ0v) is 10.5. The second-order valence-electron chi connectivity index (χ2n) is 5.89. The lowest BCUT2D eigenvalue weighted by Gasteiger charge is -2.40. The maximum Gasteiger partial charge on any atom is 0.0499 e. The van der Waals surface area contributed by atoms with Crippen molar-refractivity contribution >= 4 is 0 Å². The van der Waals surface area contributed by atoms with Gasteiger partial charge in [-0.05, 0) is 51.7 Å². The molecule has 16 heavy (non-hydrogen) atoms. The van der Waals surface area contributed by atoms with E-state index in [0.717, 1.165) is 19.0 Å². The number of nitrogens with zero attached hydrogens (tertiary/aromatic N) is 1. The van der Waals surface area contributed by atoms with Gasteiger partial charge in [-0.15, -0.1) is 0 Å². The van der Waals surface area contributed by atoms with Crippen LogP contribution >= 0.6 is 0 Å². The Hall–Kier alpha value is -0.120. The van der Waals surface area contributed by atoms with Crippen LogP contribution in [0.5, 0.6) is 0 Å². The highest BCUT2D eigenvalue weighted by atomic mass is 16.3. The fourth-order valence-corrected chi connectivity index (χ4v) is 2.99. The van der Waals surface area contributed by atoms with Gasteiger partial charge in [0, 0.05) is 25.1 Å². The van der Waals surface area contributed by atoms with Gasteiger partial charge in [0.2, 0.25) is 0 Å². The molecule has 2 rings (SSSR count). The average Bonchev–Trinajstić information content (AvgIpc) is 2.62. The van der Waals surface area contributed by atoms with Crippen molar-refractivity contribution < 1.29 is 5.11 Å². The van der Waals surface area contributed by atoms with Crippen LogP contribution in [0.25, 0.3) is 0 Å². The molecule has 0 aromatic carbocycles. The smallest absolute Gasteiger partial charge is 0.0499 e. The van der Waals surface area contributed by atoms with Crippen molar-refractivity contribution in [2.24, 2.45) is 11.3 Å². The number of aliphatic hydroxyl groups is 1. The summed E-state index contributed by atoms with van der Waals surface area (Å²) in [5.41, 5.74) is 0.243. The van der Waals surface area contributed by atoms with Crippen molar-refractivity contribution in [2.45, 2.75) is 32.1 Å². The first-order valence-electron chi connectivity index (χ1n) is 6.74. The first-order chi connectivity index (χ1) is 7.74. The van der Waals surface area contributed by atoms with E-state index in [1.807, 2.05) is 0 Å². The molecule has 3 nitrogen and oxygen atoms in total. The van der Waals surface area contributed by atoms with Gasteiger partial charge < -0.3 is 15.3 Å². The summed E-state index contributed by atoms with van der Waals surface area (Å²) in [7, 11) is 2.21. The summed E-state index contributed by atoms with van der Waals surface area (Å²) in [4.78, 5) is 2.42. The molecule has 0 bridgehead atoms. The molecular weight excluding hydrogens is 200 g/mol. The van der Waals surface area contributed by atoms with Gasteiger partial charge in [0.05, 0.1) is 0 Å².